The lowest BCUT2D eigenvalue weighted by Gasteiger charge is -2.18. The first kappa shape index (κ1) is 13.6. The van der Waals surface area contributed by atoms with E-state index in [0.717, 1.165) is 12.1 Å². The molecule has 0 aliphatic rings. The number of benzene rings is 1. The predicted molar refractivity (Wildman–Crippen MR) is 68.4 cm³/mol. The van der Waals surface area contributed by atoms with E-state index in [4.69, 9.17) is 10.3 Å². The maximum absolute atomic E-state index is 13.1. The van der Waals surface area contributed by atoms with Gasteiger partial charge in [0.05, 0.1) is 13.1 Å². The molecule has 19 heavy (non-hydrogen) atoms. The van der Waals surface area contributed by atoms with Crippen LogP contribution in [0.3, 0.4) is 0 Å². The number of rotatable bonds is 6. The minimum absolute atomic E-state index is 0.224. The molecule has 0 aliphatic carbocycles. The Morgan fingerprint density at radius 3 is 2.84 bits per heavy atom. The molecule has 0 atom stereocenters. The second-order valence-corrected chi connectivity index (χ2v) is 4.24. The Morgan fingerprint density at radius 2 is 2.21 bits per heavy atom. The van der Waals surface area contributed by atoms with Gasteiger partial charge in [0.15, 0.2) is 5.82 Å². The topological polar surface area (TPSA) is 68.2 Å². The Balaban J connectivity index is 2.00. The molecule has 1 heterocycles. The van der Waals surface area contributed by atoms with Gasteiger partial charge in [-0.25, -0.2) is 4.39 Å². The molecule has 0 spiro atoms. The van der Waals surface area contributed by atoms with Gasteiger partial charge in [0.1, 0.15) is 5.82 Å². The Labute approximate surface area is 111 Å². The number of halogens is 1. The zero-order valence-corrected chi connectivity index (χ0v) is 10.8. The summed E-state index contributed by atoms with van der Waals surface area (Å²) in [5.41, 5.74) is 6.34. The summed E-state index contributed by atoms with van der Waals surface area (Å²) in [6.07, 6.45) is 0. The van der Waals surface area contributed by atoms with Gasteiger partial charge in [-0.2, -0.15) is 4.98 Å². The summed E-state index contributed by atoms with van der Waals surface area (Å²) >= 11 is 0. The summed E-state index contributed by atoms with van der Waals surface area (Å²) in [4.78, 5) is 6.25. The van der Waals surface area contributed by atoms with Crippen LogP contribution in [0.15, 0.2) is 28.8 Å². The molecule has 2 aromatic rings. The molecule has 2 N–H and O–H groups in total. The first-order chi connectivity index (χ1) is 9.21. The molecule has 6 heteroatoms. The summed E-state index contributed by atoms with van der Waals surface area (Å²) in [6, 6.07) is 6.57. The van der Waals surface area contributed by atoms with Gasteiger partial charge in [-0.3, -0.25) is 4.90 Å². The number of hydrogen-bond donors (Lipinski definition) is 1. The molecular weight excluding hydrogens is 247 g/mol. The van der Waals surface area contributed by atoms with Crippen molar-refractivity contribution < 1.29 is 8.91 Å². The van der Waals surface area contributed by atoms with Crippen molar-refractivity contribution in [3.05, 3.63) is 47.4 Å². The average Bonchev–Trinajstić information content (AvgIpc) is 2.85. The highest BCUT2D eigenvalue weighted by Gasteiger charge is 2.10. The van der Waals surface area contributed by atoms with Crippen molar-refractivity contribution in [2.75, 3.05) is 6.54 Å². The van der Waals surface area contributed by atoms with Gasteiger partial charge < -0.3 is 10.3 Å². The van der Waals surface area contributed by atoms with E-state index in [2.05, 4.69) is 15.0 Å². The highest BCUT2D eigenvalue weighted by atomic mass is 19.1. The molecule has 2 rings (SSSR count). The third kappa shape index (κ3) is 3.84. The van der Waals surface area contributed by atoms with Gasteiger partial charge >= 0.3 is 0 Å². The van der Waals surface area contributed by atoms with E-state index in [1.165, 1.54) is 12.1 Å². The normalized spacial score (nSPS) is 11.2. The molecule has 1 aromatic heterocycles. The van der Waals surface area contributed by atoms with Crippen molar-refractivity contribution in [3.8, 4) is 0 Å². The van der Waals surface area contributed by atoms with Gasteiger partial charge in [-0.05, 0) is 24.2 Å². The highest BCUT2D eigenvalue weighted by molar-refractivity contribution is 5.16. The van der Waals surface area contributed by atoms with Crippen LogP contribution in [0, 0.1) is 5.82 Å². The van der Waals surface area contributed by atoms with Crippen molar-refractivity contribution in [2.45, 2.75) is 26.6 Å². The van der Waals surface area contributed by atoms with Crippen LogP contribution in [0.5, 0.6) is 0 Å². The summed E-state index contributed by atoms with van der Waals surface area (Å²) in [5.74, 6) is 0.800. The summed E-state index contributed by atoms with van der Waals surface area (Å²) in [7, 11) is 0. The second-order valence-electron chi connectivity index (χ2n) is 4.24. The van der Waals surface area contributed by atoms with Crippen LogP contribution < -0.4 is 5.73 Å². The van der Waals surface area contributed by atoms with Gasteiger partial charge in [0.2, 0.25) is 5.89 Å². The Hall–Kier alpha value is -1.79. The minimum atomic E-state index is -0.224. The van der Waals surface area contributed by atoms with Crippen LogP contribution in [0.2, 0.25) is 0 Å². The van der Waals surface area contributed by atoms with Crippen molar-refractivity contribution >= 4 is 0 Å². The molecule has 0 fully saturated rings. The molecule has 1 aromatic carbocycles. The zero-order chi connectivity index (χ0) is 13.7. The van der Waals surface area contributed by atoms with Gasteiger partial charge in [0, 0.05) is 6.54 Å². The fraction of sp³-hybridized carbons (Fsp3) is 0.385. The second kappa shape index (κ2) is 6.40. The Bertz CT molecular complexity index is 529. The highest BCUT2D eigenvalue weighted by Crippen LogP contribution is 2.09. The third-order valence-electron chi connectivity index (χ3n) is 2.79. The molecule has 0 saturated carbocycles. The van der Waals surface area contributed by atoms with E-state index < -0.39 is 0 Å². The third-order valence-corrected chi connectivity index (χ3v) is 2.79. The quantitative estimate of drug-likeness (QED) is 0.860. The lowest BCUT2D eigenvalue weighted by Crippen LogP contribution is -2.23. The van der Waals surface area contributed by atoms with Gasteiger partial charge in [-0.1, -0.05) is 24.2 Å². The zero-order valence-electron chi connectivity index (χ0n) is 10.8. The summed E-state index contributed by atoms with van der Waals surface area (Å²) in [5, 5.41) is 3.85. The predicted octanol–water partition coefficient (Wildman–Crippen LogP) is 1.69. The van der Waals surface area contributed by atoms with Crippen molar-refractivity contribution in [1.82, 2.24) is 15.0 Å². The molecule has 0 amide bonds. The molecule has 0 saturated heterocycles. The SMILES string of the molecule is CCN(Cc1cccc(F)c1)Cc1noc(CN)n1. The molecule has 102 valence electrons. The first-order valence-corrected chi connectivity index (χ1v) is 6.19. The lowest BCUT2D eigenvalue weighted by molar-refractivity contribution is 0.258. The van der Waals surface area contributed by atoms with Crippen LogP contribution in [0.1, 0.15) is 24.2 Å². The largest absolute Gasteiger partial charge is 0.338 e. The summed E-state index contributed by atoms with van der Waals surface area (Å²) < 4.78 is 18.1. The van der Waals surface area contributed by atoms with Gasteiger partial charge in [-0.15, -0.1) is 0 Å². The smallest absolute Gasteiger partial charge is 0.240 e. The molecule has 5 nitrogen and oxygen atoms in total. The van der Waals surface area contributed by atoms with Gasteiger partial charge in [0.25, 0.3) is 0 Å². The maximum Gasteiger partial charge on any atom is 0.240 e. The number of nitrogens with two attached hydrogens (primary N) is 1. The average molecular weight is 264 g/mol. The van der Waals surface area contributed by atoms with Crippen molar-refractivity contribution in [3.63, 3.8) is 0 Å². The van der Waals surface area contributed by atoms with E-state index in [0.29, 0.717) is 24.8 Å². The molecule has 0 aliphatic heterocycles. The number of hydrogen-bond acceptors (Lipinski definition) is 5. The fourth-order valence-electron chi connectivity index (χ4n) is 1.81. The monoisotopic (exact) mass is 264 g/mol. The van der Waals surface area contributed by atoms with E-state index in [1.807, 2.05) is 13.0 Å². The lowest BCUT2D eigenvalue weighted by atomic mass is 10.2. The molecule has 0 unspecified atom stereocenters. The summed E-state index contributed by atoms with van der Waals surface area (Å²) in [6.45, 7) is 4.27. The molecule has 0 bridgehead atoms. The molecular formula is C13H17FN4O. The first-order valence-electron chi connectivity index (χ1n) is 6.19. The standard InChI is InChI=1S/C13H17FN4O/c1-2-18(8-10-4-3-5-11(14)6-10)9-12-16-13(7-15)19-17-12/h3-6H,2,7-9,15H2,1H3. The Morgan fingerprint density at radius 1 is 1.37 bits per heavy atom. The van der Waals surface area contributed by atoms with E-state index in [-0.39, 0.29) is 12.4 Å². The van der Waals surface area contributed by atoms with Crippen molar-refractivity contribution in [2.24, 2.45) is 5.73 Å². The van der Waals surface area contributed by atoms with E-state index >= 15 is 0 Å². The van der Waals surface area contributed by atoms with Crippen LogP contribution in [0.25, 0.3) is 0 Å². The van der Waals surface area contributed by atoms with Crippen LogP contribution in [-0.4, -0.2) is 21.6 Å². The molecule has 0 radical (unpaired) electrons. The van der Waals surface area contributed by atoms with Crippen molar-refractivity contribution in [1.29, 1.82) is 0 Å². The van der Waals surface area contributed by atoms with Crippen LogP contribution in [-0.2, 0) is 19.6 Å². The minimum Gasteiger partial charge on any atom is -0.338 e. The Kier molecular flexibility index (Phi) is 4.59. The number of nitrogens with zero attached hydrogens (tertiary/aromatic N) is 3. The van der Waals surface area contributed by atoms with Crippen LogP contribution in [0.4, 0.5) is 4.39 Å². The van der Waals surface area contributed by atoms with E-state index in [9.17, 15) is 4.39 Å². The van der Waals surface area contributed by atoms with Crippen LogP contribution >= 0.6 is 0 Å². The number of aromatic nitrogens is 2. The fourth-order valence-corrected chi connectivity index (χ4v) is 1.81. The maximum atomic E-state index is 13.1. The van der Waals surface area contributed by atoms with E-state index in [1.54, 1.807) is 6.07 Å².